The fourth-order valence-corrected chi connectivity index (χ4v) is 4.46. The van der Waals surface area contributed by atoms with E-state index in [9.17, 15) is 9.59 Å². The number of likely N-dealkylation sites (tertiary alicyclic amines) is 1. The molecule has 1 aromatic carbocycles. The number of nitrogens with one attached hydrogen (secondary N) is 2. The van der Waals surface area contributed by atoms with Crippen LogP contribution in [-0.4, -0.2) is 54.4 Å². The average molecular weight is 486 g/mol. The molecule has 2 N–H and O–H groups in total. The van der Waals surface area contributed by atoms with Crippen LogP contribution in [0.3, 0.4) is 0 Å². The molecule has 1 aromatic heterocycles. The molecule has 4 rings (SSSR count). The molecule has 2 amide bonds. The zero-order valence-electron chi connectivity index (χ0n) is 17.5. The molecule has 0 saturated carbocycles. The number of hydrogen-bond donors (Lipinski definition) is 2. The number of anilines is 3. The number of piperidine rings is 1. The molecule has 8 heteroatoms. The lowest BCUT2D eigenvalue weighted by Gasteiger charge is -2.31. The SMILES string of the molecule is O=C(CN1CCCC(C(=O)Nc2ccc(Br)cn2)C1)Nc1ccc(N2CCCC2)cc1. The Kier molecular flexibility index (Phi) is 7.19. The number of benzene rings is 1. The topological polar surface area (TPSA) is 77.6 Å². The van der Waals surface area contributed by atoms with Gasteiger partial charge >= 0.3 is 0 Å². The third kappa shape index (κ3) is 6.04. The van der Waals surface area contributed by atoms with Crippen molar-refractivity contribution in [1.82, 2.24) is 9.88 Å². The smallest absolute Gasteiger partial charge is 0.238 e. The lowest BCUT2D eigenvalue weighted by molar-refractivity contribution is -0.123. The predicted octanol–water partition coefficient (Wildman–Crippen LogP) is 3.73. The molecule has 0 bridgehead atoms. The number of nitrogens with zero attached hydrogens (tertiary/aromatic N) is 3. The number of pyridine rings is 1. The minimum Gasteiger partial charge on any atom is -0.372 e. The average Bonchev–Trinajstić information content (AvgIpc) is 3.31. The summed E-state index contributed by atoms with van der Waals surface area (Å²) in [4.78, 5) is 33.8. The van der Waals surface area contributed by atoms with E-state index in [1.165, 1.54) is 18.5 Å². The van der Waals surface area contributed by atoms with Gasteiger partial charge in [-0.1, -0.05) is 0 Å². The Hall–Kier alpha value is -2.45. The number of hydrogen-bond acceptors (Lipinski definition) is 5. The van der Waals surface area contributed by atoms with E-state index in [4.69, 9.17) is 0 Å². The van der Waals surface area contributed by atoms with Crippen LogP contribution in [0, 0.1) is 5.92 Å². The Morgan fingerprint density at radius 3 is 2.48 bits per heavy atom. The molecular formula is C23H28BrN5O2. The molecule has 0 spiro atoms. The first-order valence-electron chi connectivity index (χ1n) is 10.9. The first-order valence-corrected chi connectivity index (χ1v) is 11.7. The maximum absolute atomic E-state index is 12.6. The van der Waals surface area contributed by atoms with Crippen molar-refractivity contribution < 1.29 is 9.59 Å². The van der Waals surface area contributed by atoms with Gasteiger partial charge in [0.1, 0.15) is 5.82 Å². The van der Waals surface area contributed by atoms with Crippen LogP contribution in [0.25, 0.3) is 0 Å². The van der Waals surface area contributed by atoms with Crippen LogP contribution in [0.4, 0.5) is 17.2 Å². The highest BCUT2D eigenvalue weighted by Crippen LogP contribution is 2.22. The molecule has 0 aliphatic carbocycles. The third-order valence-electron chi connectivity index (χ3n) is 5.84. The van der Waals surface area contributed by atoms with Gasteiger partial charge in [-0.25, -0.2) is 4.98 Å². The van der Waals surface area contributed by atoms with Gasteiger partial charge in [0.15, 0.2) is 0 Å². The molecule has 2 aromatic rings. The number of aromatic nitrogens is 1. The van der Waals surface area contributed by atoms with Gasteiger partial charge in [0.25, 0.3) is 0 Å². The largest absolute Gasteiger partial charge is 0.372 e. The van der Waals surface area contributed by atoms with Gasteiger partial charge in [0.05, 0.1) is 12.5 Å². The fourth-order valence-electron chi connectivity index (χ4n) is 4.23. The van der Waals surface area contributed by atoms with Gasteiger partial charge in [0.2, 0.25) is 11.8 Å². The molecule has 2 aliphatic rings. The van der Waals surface area contributed by atoms with Gasteiger partial charge in [-0.3, -0.25) is 14.5 Å². The van der Waals surface area contributed by atoms with Crippen molar-refractivity contribution >= 4 is 44.9 Å². The van der Waals surface area contributed by atoms with Gasteiger partial charge in [-0.05, 0) is 84.6 Å². The Morgan fingerprint density at radius 2 is 1.77 bits per heavy atom. The van der Waals surface area contributed by atoms with Gasteiger partial charge in [0, 0.05) is 41.7 Å². The summed E-state index contributed by atoms with van der Waals surface area (Å²) in [6.07, 6.45) is 5.85. The van der Waals surface area contributed by atoms with E-state index >= 15 is 0 Å². The Bertz CT molecular complexity index is 897. The van der Waals surface area contributed by atoms with E-state index in [1.54, 1.807) is 12.3 Å². The molecule has 0 radical (unpaired) electrons. The molecular weight excluding hydrogens is 458 g/mol. The van der Waals surface area contributed by atoms with Crippen molar-refractivity contribution in [2.45, 2.75) is 25.7 Å². The number of carbonyl (C=O) groups is 2. The van der Waals surface area contributed by atoms with Crippen LogP contribution in [0.15, 0.2) is 47.1 Å². The molecule has 2 fully saturated rings. The zero-order chi connectivity index (χ0) is 21.6. The van der Waals surface area contributed by atoms with Gasteiger partial charge in [-0.15, -0.1) is 0 Å². The van der Waals surface area contributed by atoms with Crippen LogP contribution in [-0.2, 0) is 9.59 Å². The van der Waals surface area contributed by atoms with Gasteiger partial charge < -0.3 is 15.5 Å². The Morgan fingerprint density at radius 1 is 1.00 bits per heavy atom. The van der Waals surface area contributed by atoms with Gasteiger partial charge in [-0.2, -0.15) is 0 Å². The second-order valence-electron chi connectivity index (χ2n) is 8.21. The second-order valence-corrected chi connectivity index (χ2v) is 9.13. The van der Waals surface area contributed by atoms with E-state index in [0.717, 1.165) is 42.6 Å². The normalized spacial score (nSPS) is 19.3. The van der Waals surface area contributed by atoms with E-state index in [0.29, 0.717) is 12.4 Å². The van der Waals surface area contributed by atoms with Crippen LogP contribution in [0.2, 0.25) is 0 Å². The van der Waals surface area contributed by atoms with Crippen LogP contribution >= 0.6 is 15.9 Å². The molecule has 31 heavy (non-hydrogen) atoms. The monoisotopic (exact) mass is 485 g/mol. The highest BCUT2D eigenvalue weighted by Gasteiger charge is 2.27. The highest BCUT2D eigenvalue weighted by molar-refractivity contribution is 9.10. The lowest BCUT2D eigenvalue weighted by atomic mass is 9.97. The van der Waals surface area contributed by atoms with Crippen LogP contribution < -0.4 is 15.5 Å². The number of carbonyl (C=O) groups excluding carboxylic acids is 2. The summed E-state index contributed by atoms with van der Waals surface area (Å²) in [6.45, 7) is 3.89. The Balaban J connectivity index is 1.26. The maximum atomic E-state index is 12.6. The lowest BCUT2D eigenvalue weighted by Crippen LogP contribution is -2.44. The summed E-state index contributed by atoms with van der Waals surface area (Å²) in [5.41, 5.74) is 2.02. The molecule has 1 atom stereocenters. The first kappa shape index (κ1) is 21.8. The summed E-state index contributed by atoms with van der Waals surface area (Å²) in [5, 5.41) is 5.86. The van der Waals surface area contributed by atoms with Crippen molar-refractivity contribution in [1.29, 1.82) is 0 Å². The van der Waals surface area contributed by atoms with Crippen LogP contribution in [0.1, 0.15) is 25.7 Å². The highest BCUT2D eigenvalue weighted by atomic mass is 79.9. The maximum Gasteiger partial charge on any atom is 0.238 e. The second kappa shape index (κ2) is 10.2. The summed E-state index contributed by atoms with van der Waals surface area (Å²) in [6, 6.07) is 11.7. The number of amides is 2. The van der Waals surface area contributed by atoms with Crippen molar-refractivity contribution in [3.8, 4) is 0 Å². The van der Waals surface area contributed by atoms with Crippen LogP contribution in [0.5, 0.6) is 0 Å². The minimum absolute atomic E-state index is 0.0440. The quantitative estimate of drug-likeness (QED) is 0.651. The van der Waals surface area contributed by atoms with Crippen molar-refractivity contribution in [2.24, 2.45) is 5.92 Å². The first-order chi connectivity index (χ1) is 15.1. The predicted molar refractivity (Wildman–Crippen MR) is 126 cm³/mol. The van der Waals surface area contributed by atoms with E-state index in [1.807, 2.05) is 18.2 Å². The third-order valence-corrected chi connectivity index (χ3v) is 6.31. The summed E-state index contributed by atoms with van der Waals surface area (Å²) < 4.78 is 0.867. The molecule has 2 aliphatic heterocycles. The Labute approximate surface area is 191 Å². The van der Waals surface area contributed by atoms with E-state index in [2.05, 4.69) is 53.5 Å². The zero-order valence-corrected chi connectivity index (χ0v) is 19.1. The fraction of sp³-hybridized carbons (Fsp3) is 0.435. The molecule has 1 unspecified atom stereocenters. The van der Waals surface area contributed by atoms with Crippen molar-refractivity contribution in [3.63, 3.8) is 0 Å². The standard InChI is InChI=1S/C23H28BrN5O2/c24-18-5-10-21(25-14-18)27-23(31)17-4-3-11-28(15-17)16-22(30)26-19-6-8-20(9-7-19)29-12-1-2-13-29/h5-10,14,17H,1-4,11-13,15-16H2,(H,26,30)(H,25,27,31). The van der Waals surface area contributed by atoms with E-state index in [-0.39, 0.29) is 24.3 Å². The summed E-state index contributed by atoms with van der Waals surface area (Å²) >= 11 is 3.34. The molecule has 7 nitrogen and oxygen atoms in total. The van der Waals surface area contributed by atoms with E-state index < -0.39 is 0 Å². The molecule has 164 valence electrons. The summed E-state index contributed by atoms with van der Waals surface area (Å²) in [7, 11) is 0. The number of halogens is 1. The van der Waals surface area contributed by atoms with Crippen molar-refractivity contribution in [2.75, 3.05) is 48.3 Å². The minimum atomic E-state index is -0.147. The summed E-state index contributed by atoms with van der Waals surface area (Å²) in [5.74, 6) is 0.300. The molecule has 3 heterocycles. The van der Waals surface area contributed by atoms with Crippen molar-refractivity contribution in [3.05, 3.63) is 47.1 Å². The number of rotatable bonds is 6. The molecule has 2 saturated heterocycles.